The number of rotatable bonds is 4. The first-order valence-corrected chi connectivity index (χ1v) is 8.68. The molecule has 24 heavy (non-hydrogen) atoms. The van der Waals surface area contributed by atoms with Gasteiger partial charge in [-0.25, -0.2) is 29.9 Å². The highest BCUT2D eigenvalue weighted by molar-refractivity contribution is 8.02. The van der Waals surface area contributed by atoms with Crippen LogP contribution in [-0.2, 0) is 0 Å². The van der Waals surface area contributed by atoms with Crippen molar-refractivity contribution in [3.8, 4) is 0 Å². The topological polar surface area (TPSA) is 77.3 Å². The number of para-hydroxylation sites is 2. The van der Waals surface area contributed by atoms with E-state index < -0.39 is 0 Å². The van der Waals surface area contributed by atoms with Gasteiger partial charge in [0.05, 0.1) is 11.0 Å². The van der Waals surface area contributed by atoms with E-state index in [4.69, 9.17) is 9.97 Å². The fourth-order valence-electron chi connectivity index (χ4n) is 1.95. The lowest BCUT2D eigenvalue weighted by Crippen LogP contribution is -1.95. The third-order valence-electron chi connectivity index (χ3n) is 2.97. The van der Waals surface area contributed by atoms with Crippen molar-refractivity contribution >= 4 is 34.6 Å². The second-order valence-corrected chi connectivity index (χ2v) is 6.50. The summed E-state index contributed by atoms with van der Waals surface area (Å²) < 4.78 is 0. The van der Waals surface area contributed by atoms with E-state index in [9.17, 15) is 0 Å². The molecule has 0 radical (unpaired) electrons. The molecule has 0 unspecified atom stereocenters. The summed E-state index contributed by atoms with van der Waals surface area (Å²) in [6.07, 6.45) is 6.82. The Labute approximate surface area is 146 Å². The van der Waals surface area contributed by atoms with E-state index >= 15 is 0 Å². The van der Waals surface area contributed by atoms with Crippen LogP contribution in [-0.4, -0.2) is 29.9 Å². The first kappa shape index (κ1) is 15.0. The lowest BCUT2D eigenvalue weighted by atomic mass is 10.3. The Morgan fingerprint density at radius 3 is 1.38 bits per heavy atom. The van der Waals surface area contributed by atoms with Crippen LogP contribution in [0.5, 0.6) is 0 Å². The summed E-state index contributed by atoms with van der Waals surface area (Å²) >= 11 is 2.75. The van der Waals surface area contributed by atoms with Crippen LogP contribution in [0.4, 0.5) is 0 Å². The maximum atomic E-state index is 4.71. The molecule has 0 N–H and O–H groups in total. The molecule has 0 saturated carbocycles. The van der Waals surface area contributed by atoms with Crippen LogP contribution in [0.3, 0.4) is 0 Å². The highest BCUT2D eigenvalue weighted by Crippen LogP contribution is 2.34. The molecule has 0 aliphatic carbocycles. The smallest absolute Gasteiger partial charge is 0.193 e. The summed E-state index contributed by atoms with van der Waals surface area (Å²) in [6, 6.07) is 11.3. The molecule has 0 aliphatic rings. The predicted octanol–water partition coefficient (Wildman–Crippen LogP) is 3.51. The van der Waals surface area contributed by atoms with Gasteiger partial charge in [0.1, 0.15) is 10.1 Å². The van der Waals surface area contributed by atoms with Gasteiger partial charge in [-0.2, -0.15) is 0 Å². The number of hydrogen-bond donors (Lipinski definition) is 0. The molecule has 116 valence electrons. The second kappa shape index (κ2) is 6.90. The average molecular weight is 350 g/mol. The molecule has 0 saturated heterocycles. The lowest BCUT2D eigenvalue weighted by Gasteiger charge is -2.07. The summed E-state index contributed by atoms with van der Waals surface area (Å²) in [5.41, 5.74) is 1.66. The van der Waals surface area contributed by atoms with Gasteiger partial charge in [0, 0.05) is 24.8 Å². The predicted molar refractivity (Wildman–Crippen MR) is 91.8 cm³/mol. The molecule has 0 fully saturated rings. The van der Waals surface area contributed by atoms with E-state index in [2.05, 4.69) is 19.9 Å². The summed E-state index contributed by atoms with van der Waals surface area (Å²) in [7, 11) is 0. The Hall–Kier alpha value is -2.58. The summed E-state index contributed by atoms with van der Waals surface area (Å²) in [4.78, 5) is 26.4. The Bertz CT molecular complexity index is 886. The maximum Gasteiger partial charge on any atom is 0.193 e. The summed E-state index contributed by atoms with van der Waals surface area (Å²) in [5.74, 6) is 0. The Kier molecular flexibility index (Phi) is 4.30. The highest BCUT2D eigenvalue weighted by Gasteiger charge is 2.14. The SMILES string of the molecule is c1cnc(Sc2nc3ccccc3nc2Sc2ncccn2)nc1. The van der Waals surface area contributed by atoms with Crippen molar-refractivity contribution in [3.63, 3.8) is 0 Å². The molecular formula is C16H10N6S2. The van der Waals surface area contributed by atoms with Gasteiger partial charge in [0.15, 0.2) is 10.3 Å². The fraction of sp³-hybridized carbons (Fsp3) is 0. The van der Waals surface area contributed by atoms with E-state index in [-0.39, 0.29) is 0 Å². The monoisotopic (exact) mass is 350 g/mol. The summed E-state index contributed by atoms with van der Waals surface area (Å²) in [6.45, 7) is 0. The molecule has 8 heteroatoms. The molecule has 0 bridgehead atoms. The standard InChI is InChI=1S/C16H10N6S2/c1-2-6-12-11(5-1)21-13(23-15-17-7-3-8-18-15)14(22-12)24-16-19-9-4-10-20-16/h1-10H. The molecule has 3 aromatic heterocycles. The van der Waals surface area contributed by atoms with Gasteiger partial charge in [-0.15, -0.1) is 0 Å². The molecule has 0 spiro atoms. The van der Waals surface area contributed by atoms with Gasteiger partial charge < -0.3 is 0 Å². The maximum absolute atomic E-state index is 4.71. The van der Waals surface area contributed by atoms with E-state index in [1.54, 1.807) is 36.9 Å². The average Bonchev–Trinajstić information content (AvgIpc) is 2.64. The van der Waals surface area contributed by atoms with Gasteiger partial charge in [-0.1, -0.05) is 12.1 Å². The van der Waals surface area contributed by atoms with Crippen molar-refractivity contribution in [1.29, 1.82) is 0 Å². The van der Waals surface area contributed by atoms with Crippen molar-refractivity contribution in [2.45, 2.75) is 20.4 Å². The van der Waals surface area contributed by atoms with Crippen molar-refractivity contribution in [3.05, 3.63) is 61.2 Å². The first-order chi connectivity index (χ1) is 11.9. The second-order valence-electron chi connectivity index (χ2n) is 4.59. The van der Waals surface area contributed by atoms with Crippen LogP contribution in [0, 0.1) is 0 Å². The quantitative estimate of drug-likeness (QED) is 0.518. The zero-order chi connectivity index (χ0) is 16.2. The normalized spacial score (nSPS) is 10.8. The van der Waals surface area contributed by atoms with Crippen LogP contribution in [0.1, 0.15) is 0 Å². The van der Waals surface area contributed by atoms with Crippen LogP contribution < -0.4 is 0 Å². The van der Waals surface area contributed by atoms with Crippen LogP contribution in [0.15, 0.2) is 81.6 Å². The number of benzene rings is 1. The molecule has 0 atom stereocenters. The largest absolute Gasteiger partial charge is 0.236 e. The van der Waals surface area contributed by atoms with Gasteiger partial charge in [-0.3, -0.25) is 0 Å². The molecule has 4 aromatic rings. The zero-order valence-corrected chi connectivity index (χ0v) is 13.9. The molecule has 6 nitrogen and oxygen atoms in total. The van der Waals surface area contributed by atoms with Gasteiger partial charge >= 0.3 is 0 Å². The van der Waals surface area contributed by atoms with Gasteiger partial charge in [0.2, 0.25) is 0 Å². The third-order valence-corrected chi connectivity index (χ3v) is 4.84. The van der Waals surface area contributed by atoms with Crippen molar-refractivity contribution in [1.82, 2.24) is 29.9 Å². The zero-order valence-electron chi connectivity index (χ0n) is 12.3. The number of hydrogen-bond acceptors (Lipinski definition) is 8. The molecule has 0 amide bonds. The van der Waals surface area contributed by atoms with E-state index in [1.807, 2.05) is 24.3 Å². The van der Waals surface area contributed by atoms with Gasteiger partial charge in [-0.05, 0) is 47.8 Å². The van der Waals surface area contributed by atoms with Crippen molar-refractivity contribution in [2.24, 2.45) is 0 Å². The lowest BCUT2D eigenvalue weighted by molar-refractivity contribution is 0.915. The molecule has 3 heterocycles. The Balaban J connectivity index is 1.78. The fourth-order valence-corrected chi connectivity index (χ4v) is 3.55. The Morgan fingerprint density at radius 2 is 0.958 bits per heavy atom. The van der Waals surface area contributed by atoms with E-state index in [0.29, 0.717) is 10.3 Å². The first-order valence-electron chi connectivity index (χ1n) is 7.05. The number of nitrogens with zero attached hydrogens (tertiary/aromatic N) is 6. The third kappa shape index (κ3) is 3.34. The molecule has 0 aliphatic heterocycles. The minimum atomic E-state index is 0.623. The van der Waals surface area contributed by atoms with E-state index in [1.165, 1.54) is 23.5 Å². The molecule has 1 aromatic carbocycles. The summed E-state index contributed by atoms with van der Waals surface area (Å²) in [5, 5.41) is 2.71. The van der Waals surface area contributed by atoms with Crippen molar-refractivity contribution < 1.29 is 0 Å². The minimum Gasteiger partial charge on any atom is -0.236 e. The molecule has 4 rings (SSSR count). The van der Waals surface area contributed by atoms with Crippen LogP contribution >= 0.6 is 23.5 Å². The molecular weight excluding hydrogens is 340 g/mol. The Morgan fingerprint density at radius 1 is 0.542 bits per heavy atom. The number of aromatic nitrogens is 6. The van der Waals surface area contributed by atoms with Crippen LogP contribution in [0.25, 0.3) is 11.0 Å². The highest BCUT2D eigenvalue weighted by atomic mass is 32.2. The van der Waals surface area contributed by atoms with Gasteiger partial charge in [0.25, 0.3) is 0 Å². The van der Waals surface area contributed by atoms with Crippen LogP contribution in [0.2, 0.25) is 0 Å². The van der Waals surface area contributed by atoms with E-state index in [0.717, 1.165) is 21.1 Å². The van der Waals surface area contributed by atoms with Crippen molar-refractivity contribution in [2.75, 3.05) is 0 Å². The minimum absolute atomic E-state index is 0.623. The number of fused-ring (bicyclic) bond motifs is 1.